The molecule has 0 amide bonds. The third-order valence-electron chi connectivity index (χ3n) is 7.53. The van der Waals surface area contributed by atoms with Crippen LogP contribution in [-0.4, -0.2) is 63.1 Å². The molecule has 2 N–H and O–H groups in total. The maximum atomic E-state index is 11.1. The van der Waals surface area contributed by atoms with Gasteiger partial charge in [-0.05, 0) is 29.2 Å². The van der Waals surface area contributed by atoms with Crippen LogP contribution in [0, 0.1) is 0 Å². The van der Waals surface area contributed by atoms with Crippen molar-refractivity contribution in [2.75, 3.05) is 20.1 Å². The van der Waals surface area contributed by atoms with Crippen molar-refractivity contribution in [3.05, 3.63) is 89.1 Å². The van der Waals surface area contributed by atoms with E-state index in [0.717, 1.165) is 35.6 Å². The van der Waals surface area contributed by atoms with Gasteiger partial charge in [0.15, 0.2) is 5.71 Å². The van der Waals surface area contributed by atoms with Gasteiger partial charge in [-0.1, -0.05) is 51.0 Å². The van der Waals surface area contributed by atoms with Crippen molar-refractivity contribution in [1.82, 2.24) is 0 Å². The Morgan fingerprint density at radius 2 is 1.51 bits per heavy atom. The van der Waals surface area contributed by atoms with Crippen LogP contribution in [0.5, 0.6) is 0 Å². The molecule has 2 atom stereocenters. The van der Waals surface area contributed by atoms with Crippen LogP contribution in [0.25, 0.3) is 10.8 Å². The molecule has 0 radical (unpaired) electrons. The summed E-state index contributed by atoms with van der Waals surface area (Å²) in [4.78, 5) is 0. The molecule has 3 aliphatic rings. The summed E-state index contributed by atoms with van der Waals surface area (Å²) in [7, 11) is 2.05. The van der Waals surface area contributed by atoms with Crippen LogP contribution in [-0.2, 0) is 0 Å². The second kappa shape index (κ2) is 9.88. The highest BCUT2D eigenvalue weighted by atomic mass is 16.3. The molecular formula is C31H36N2O2+2. The fraction of sp³-hybridized carbons (Fsp3) is 0.355. The molecule has 4 nitrogen and oxygen atoms in total. The molecule has 5 rings (SSSR count). The van der Waals surface area contributed by atoms with E-state index in [1.165, 1.54) is 42.2 Å². The summed E-state index contributed by atoms with van der Waals surface area (Å²) in [5.74, 6) is 0. The topological polar surface area (TPSA) is 46.5 Å². The number of nitrogens with zero attached hydrogens (tertiary/aromatic N) is 2. The zero-order valence-corrected chi connectivity index (χ0v) is 21.0. The highest BCUT2D eigenvalue weighted by Gasteiger charge is 2.42. The van der Waals surface area contributed by atoms with E-state index in [0.29, 0.717) is 11.1 Å². The lowest BCUT2D eigenvalue weighted by Crippen LogP contribution is -2.42. The van der Waals surface area contributed by atoms with Crippen LogP contribution >= 0.6 is 0 Å². The third kappa shape index (κ3) is 4.15. The fourth-order valence-corrected chi connectivity index (χ4v) is 5.43. The maximum absolute atomic E-state index is 11.1. The lowest BCUT2D eigenvalue weighted by atomic mass is 9.75. The van der Waals surface area contributed by atoms with Crippen LogP contribution in [0.3, 0.4) is 0 Å². The Morgan fingerprint density at radius 3 is 2.14 bits per heavy atom. The Morgan fingerprint density at radius 1 is 0.886 bits per heavy atom. The third-order valence-corrected chi connectivity index (χ3v) is 7.53. The van der Waals surface area contributed by atoms with Crippen molar-refractivity contribution < 1.29 is 19.4 Å². The van der Waals surface area contributed by atoms with E-state index >= 15 is 0 Å². The van der Waals surface area contributed by atoms with Gasteiger partial charge < -0.3 is 10.2 Å². The highest BCUT2D eigenvalue weighted by molar-refractivity contribution is 6.20. The van der Waals surface area contributed by atoms with Crippen LogP contribution in [0.1, 0.15) is 45.1 Å². The normalized spacial score (nSPS) is 20.8. The van der Waals surface area contributed by atoms with Gasteiger partial charge in [-0.3, -0.25) is 0 Å². The van der Waals surface area contributed by atoms with Gasteiger partial charge >= 0.3 is 0 Å². The summed E-state index contributed by atoms with van der Waals surface area (Å²) in [5.41, 5.74) is 6.78. The molecule has 1 heterocycles. The second-order valence-corrected chi connectivity index (χ2v) is 9.77. The van der Waals surface area contributed by atoms with Gasteiger partial charge in [-0.25, -0.2) is 4.58 Å². The fourth-order valence-electron chi connectivity index (χ4n) is 5.43. The molecular weight excluding hydrogens is 432 g/mol. The number of hydrogen-bond donors (Lipinski definition) is 2. The maximum Gasteiger partial charge on any atom is 0.214 e. The number of rotatable bonds is 7. The van der Waals surface area contributed by atoms with Crippen LogP contribution in [0.2, 0.25) is 0 Å². The van der Waals surface area contributed by atoms with E-state index in [-0.39, 0.29) is 0 Å². The predicted octanol–water partition coefficient (Wildman–Crippen LogP) is 5.05. The van der Waals surface area contributed by atoms with Gasteiger partial charge in [0.25, 0.3) is 0 Å². The van der Waals surface area contributed by atoms with E-state index in [9.17, 15) is 10.2 Å². The van der Waals surface area contributed by atoms with Crippen molar-refractivity contribution in [2.24, 2.45) is 0 Å². The number of unbranched alkanes of at least 4 members (excludes halogenated alkanes) is 2. The van der Waals surface area contributed by atoms with Crippen LogP contribution in [0.15, 0.2) is 83.5 Å². The first-order valence-corrected chi connectivity index (χ1v) is 13.0. The van der Waals surface area contributed by atoms with Crippen LogP contribution in [0.4, 0.5) is 5.69 Å². The van der Waals surface area contributed by atoms with Gasteiger partial charge in [0.05, 0.1) is 10.9 Å². The van der Waals surface area contributed by atoms with E-state index in [1.807, 2.05) is 25.3 Å². The molecule has 180 valence electrons. The first-order valence-electron chi connectivity index (χ1n) is 13.0. The zero-order valence-electron chi connectivity index (χ0n) is 21.0. The largest absolute Gasteiger partial charge is 0.384 e. The van der Waals surface area contributed by atoms with E-state index < -0.39 is 12.2 Å². The van der Waals surface area contributed by atoms with Crippen molar-refractivity contribution in [3.63, 3.8) is 0 Å². The van der Waals surface area contributed by atoms with Crippen molar-refractivity contribution in [3.8, 4) is 0 Å². The minimum Gasteiger partial charge on any atom is -0.384 e. The van der Waals surface area contributed by atoms with E-state index in [1.54, 1.807) is 0 Å². The van der Waals surface area contributed by atoms with Gasteiger partial charge in [-0.15, -0.1) is 0 Å². The number of aliphatic hydroxyl groups is 2. The van der Waals surface area contributed by atoms with Crippen molar-refractivity contribution in [1.29, 1.82) is 0 Å². The van der Waals surface area contributed by atoms with Gasteiger partial charge in [0.2, 0.25) is 11.4 Å². The molecule has 2 unspecified atom stereocenters. The Balaban J connectivity index is 1.42. The standard InChI is InChI=1S/C31H36N2O2/c1-4-6-18-33(19-7-5-2)23-16-14-22(15-17-23)29-30(34)25(31(29)35)20-27-24-12-8-10-21-11-9-13-26(28(21)24)32(27)3/h8-17,20,30-31,34-35H,4-7,18-19H2,1-3H3/q+2. The van der Waals surface area contributed by atoms with Gasteiger partial charge in [0, 0.05) is 48.3 Å². The Kier molecular flexibility index (Phi) is 6.68. The summed E-state index contributed by atoms with van der Waals surface area (Å²) in [6.45, 7) is 6.57. The number of aliphatic hydroxyl groups excluding tert-OH is 2. The van der Waals surface area contributed by atoms with Gasteiger partial charge in [-0.2, -0.15) is 4.58 Å². The van der Waals surface area contributed by atoms with Gasteiger partial charge in [0.1, 0.15) is 32.3 Å². The molecule has 0 saturated heterocycles. The predicted molar refractivity (Wildman–Crippen MR) is 144 cm³/mol. The highest BCUT2D eigenvalue weighted by Crippen LogP contribution is 2.40. The van der Waals surface area contributed by atoms with Crippen LogP contribution < -0.4 is 0 Å². The zero-order chi connectivity index (χ0) is 24.5. The second-order valence-electron chi connectivity index (χ2n) is 9.77. The SMILES string of the molecule is CCCC[N+](CCCC)=C1C=CC(=C2C(O)C(=CC3=[N+](C)c4cccc5cccc3c45)C2O)C=C1. The Bertz CT molecular complexity index is 1310. The molecule has 1 saturated carbocycles. The monoisotopic (exact) mass is 468 g/mol. The first-order chi connectivity index (χ1) is 17.0. The van der Waals surface area contributed by atoms with Crippen molar-refractivity contribution >= 4 is 27.9 Å². The Labute approximate surface area is 208 Å². The lowest BCUT2D eigenvalue weighted by Gasteiger charge is -2.36. The molecule has 1 fully saturated rings. The average molecular weight is 469 g/mol. The lowest BCUT2D eigenvalue weighted by molar-refractivity contribution is -0.527. The molecule has 35 heavy (non-hydrogen) atoms. The summed E-state index contributed by atoms with van der Waals surface area (Å²) in [5, 5.41) is 24.5. The molecule has 2 aliphatic carbocycles. The molecule has 0 bridgehead atoms. The molecule has 2 aromatic carbocycles. The molecule has 4 heteroatoms. The quantitative estimate of drug-likeness (QED) is 0.559. The average Bonchev–Trinajstić information content (AvgIpc) is 3.16. The smallest absolute Gasteiger partial charge is 0.214 e. The van der Waals surface area contributed by atoms with Crippen molar-refractivity contribution in [2.45, 2.75) is 51.7 Å². The number of hydrogen-bond acceptors (Lipinski definition) is 2. The molecule has 0 aromatic heterocycles. The summed E-state index contributed by atoms with van der Waals surface area (Å²) >= 11 is 0. The first kappa shape index (κ1) is 23.7. The molecule has 2 aromatic rings. The Hall–Kier alpha value is -3.08. The summed E-state index contributed by atoms with van der Waals surface area (Å²) in [6, 6.07) is 12.6. The minimum atomic E-state index is -0.768. The minimum absolute atomic E-state index is 0.656. The summed E-state index contributed by atoms with van der Waals surface area (Å²) in [6.07, 6.45) is 13.5. The molecule has 0 spiro atoms. The summed E-state index contributed by atoms with van der Waals surface area (Å²) < 4.78 is 4.60. The number of benzene rings is 2. The molecule has 1 aliphatic heterocycles. The van der Waals surface area contributed by atoms with E-state index in [2.05, 4.69) is 71.5 Å². The number of allylic oxidation sites excluding steroid dienone is 6. The van der Waals surface area contributed by atoms with E-state index in [4.69, 9.17) is 0 Å².